The van der Waals surface area contributed by atoms with Crippen molar-refractivity contribution in [1.82, 2.24) is 19.8 Å². The highest BCUT2D eigenvalue weighted by Crippen LogP contribution is 2.54. The number of rotatable bonds is 3. The molecule has 8 heteroatoms. The van der Waals surface area contributed by atoms with Crippen molar-refractivity contribution in [2.75, 3.05) is 5.75 Å². The summed E-state index contributed by atoms with van der Waals surface area (Å²) in [6, 6.07) is 0. The third-order valence-electron chi connectivity index (χ3n) is 2.23. The fourth-order valence-corrected chi connectivity index (χ4v) is 2.96. The van der Waals surface area contributed by atoms with Crippen LogP contribution in [0.3, 0.4) is 0 Å². The summed E-state index contributed by atoms with van der Waals surface area (Å²) in [5.74, 6) is 1.53. The summed E-state index contributed by atoms with van der Waals surface area (Å²) in [6.07, 6.45) is 2.33. The standard InChI is InChI=1S/C7H6Cl2N4OS/c8-7(9)1-4(7)2-15-6-12-13-3-10-11-5(13)14-6/h3-4H,1-2H2/t4-/m0/s1. The number of hydrogen-bond acceptors (Lipinski definition) is 5. The van der Waals surface area contributed by atoms with Crippen LogP contribution in [0.1, 0.15) is 6.42 Å². The molecule has 0 N–H and O–H groups in total. The van der Waals surface area contributed by atoms with E-state index in [2.05, 4.69) is 15.3 Å². The lowest BCUT2D eigenvalue weighted by atomic mass is 10.5. The molecule has 1 saturated carbocycles. The maximum atomic E-state index is 5.90. The van der Waals surface area contributed by atoms with Crippen molar-refractivity contribution in [3.8, 4) is 0 Å². The van der Waals surface area contributed by atoms with Crippen LogP contribution < -0.4 is 0 Å². The van der Waals surface area contributed by atoms with Gasteiger partial charge in [-0.2, -0.15) is 4.52 Å². The van der Waals surface area contributed by atoms with E-state index < -0.39 is 4.33 Å². The van der Waals surface area contributed by atoms with Crippen molar-refractivity contribution in [3.63, 3.8) is 0 Å². The van der Waals surface area contributed by atoms with Crippen LogP contribution in [-0.2, 0) is 0 Å². The van der Waals surface area contributed by atoms with Gasteiger partial charge >= 0.3 is 5.84 Å². The van der Waals surface area contributed by atoms with Crippen LogP contribution in [0, 0.1) is 5.92 Å². The number of hydrogen-bond donors (Lipinski definition) is 0. The summed E-state index contributed by atoms with van der Waals surface area (Å²) in [5, 5.41) is 12.1. The van der Waals surface area contributed by atoms with Gasteiger partial charge in [0.1, 0.15) is 10.7 Å². The zero-order valence-electron chi connectivity index (χ0n) is 7.43. The molecular formula is C7H6Cl2N4OS. The molecule has 0 aliphatic heterocycles. The minimum Gasteiger partial charge on any atom is -0.396 e. The molecule has 0 unspecified atom stereocenters. The van der Waals surface area contributed by atoms with E-state index in [1.54, 1.807) is 0 Å². The SMILES string of the molecule is ClC1(Cl)C[C@H]1CSc1nn2cnnc2o1. The van der Waals surface area contributed by atoms with Crippen molar-refractivity contribution in [2.24, 2.45) is 5.92 Å². The van der Waals surface area contributed by atoms with Gasteiger partial charge in [0.25, 0.3) is 5.22 Å². The second kappa shape index (κ2) is 3.26. The first-order valence-electron chi connectivity index (χ1n) is 4.32. The van der Waals surface area contributed by atoms with Gasteiger partial charge < -0.3 is 4.42 Å². The van der Waals surface area contributed by atoms with Crippen LogP contribution >= 0.6 is 35.0 Å². The summed E-state index contributed by atoms with van der Waals surface area (Å²) in [6.45, 7) is 0. The first-order chi connectivity index (χ1) is 7.15. The molecule has 1 aliphatic carbocycles. The molecule has 1 aliphatic rings. The topological polar surface area (TPSA) is 56.2 Å². The summed E-state index contributed by atoms with van der Waals surface area (Å²) in [7, 11) is 0. The van der Waals surface area contributed by atoms with E-state index >= 15 is 0 Å². The molecule has 5 nitrogen and oxygen atoms in total. The average molecular weight is 265 g/mol. The van der Waals surface area contributed by atoms with Gasteiger partial charge in [0, 0.05) is 11.7 Å². The highest BCUT2D eigenvalue weighted by Gasteiger charge is 2.51. The third kappa shape index (κ3) is 1.81. The number of alkyl halides is 2. The predicted octanol–water partition coefficient (Wildman–Crippen LogP) is 2.00. The number of fused-ring (bicyclic) bond motifs is 1. The summed E-state index contributed by atoms with van der Waals surface area (Å²) < 4.78 is 6.26. The molecule has 80 valence electrons. The zero-order chi connectivity index (χ0) is 10.5. The molecule has 2 aromatic rings. The largest absolute Gasteiger partial charge is 0.396 e. The quantitative estimate of drug-likeness (QED) is 0.627. The van der Waals surface area contributed by atoms with E-state index in [9.17, 15) is 0 Å². The van der Waals surface area contributed by atoms with Crippen LogP contribution in [0.15, 0.2) is 16.0 Å². The van der Waals surface area contributed by atoms with Crippen LogP contribution in [0.2, 0.25) is 0 Å². The molecule has 1 atom stereocenters. The first kappa shape index (κ1) is 9.74. The molecule has 2 heterocycles. The fourth-order valence-electron chi connectivity index (χ4n) is 1.22. The molecule has 0 saturated heterocycles. The fraction of sp³-hybridized carbons (Fsp3) is 0.571. The van der Waals surface area contributed by atoms with E-state index in [0.717, 1.165) is 12.2 Å². The Hall–Kier alpha value is -0.460. The number of aromatic nitrogens is 4. The van der Waals surface area contributed by atoms with Gasteiger partial charge in [-0.25, -0.2) is 0 Å². The molecule has 3 rings (SSSR count). The zero-order valence-corrected chi connectivity index (χ0v) is 9.76. The normalized spacial score (nSPS) is 23.5. The minimum absolute atomic E-state index is 0.322. The Labute approximate surface area is 99.1 Å². The Morgan fingerprint density at radius 2 is 2.47 bits per heavy atom. The van der Waals surface area contributed by atoms with Gasteiger partial charge in [-0.3, -0.25) is 0 Å². The first-order valence-corrected chi connectivity index (χ1v) is 6.07. The van der Waals surface area contributed by atoms with Crippen LogP contribution in [0.25, 0.3) is 5.84 Å². The average Bonchev–Trinajstić information content (AvgIpc) is 2.54. The number of nitrogens with zero attached hydrogens (tertiary/aromatic N) is 4. The minimum atomic E-state index is -0.540. The monoisotopic (exact) mass is 264 g/mol. The summed E-state index contributed by atoms with van der Waals surface area (Å²) in [4.78, 5) is 0. The van der Waals surface area contributed by atoms with Crippen LogP contribution in [0.5, 0.6) is 0 Å². The van der Waals surface area contributed by atoms with Gasteiger partial charge in [0.05, 0.1) is 0 Å². The number of thioether (sulfide) groups is 1. The van der Waals surface area contributed by atoms with Crippen molar-refractivity contribution in [2.45, 2.75) is 16.0 Å². The Balaban J connectivity index is 1.66. The third-order valence-corrected chi connectivity index (χ3v) is 4.14. The van der Waals surface area contributed by atoms with E-state index in [-0.39, 0.29) is 0 Å². The van der Waals surface area contributed by atoms with Crippen molar-refractivity contribution in [3.05, 3.63) is 6.33 Å². The van der Waals surface area contributed by atoms with E-state index in [0.29, 0.717) is 17.0 Å². The van der Waals surface area contributed by atoms with E-state index in [1.807, 2.05) is 0 Å². The summed E-state index contributed by atoms with van der Waals surface area (Å²) >= 11 is 13.3. The Morgan fingerprint density at radius 1 is 1.67 bits per heavy atom. The maximum Gasteiger partial charge on any atom is 0.345 e. The lowest BCUT2D eigenvalue weighted by Crippen LogP contribution is -1.93. The maximum absolute atomic E-state index is 5.90. The molecule has 1 fully saturated rings. The van der Waals surface area contributed by atoms with Gasteiger partial charge in [-0.15, -0.1) is 33.4 Å². The van der Waals surface area contributed by atoms with Gasteiger partial charge in [-0.05, 0) is 6.42 Å². The Kier molecular flexibility index (Phi) is 2.12. The van der Waals surface area contributed by atoms with Crippen molar-refractivity contribution < 1.29 is 4.42 Å². The van der Waals surface area contributed by atoms with Gasteiger partial charge in [0.2, 0.25) is 0 Å². The number of halogens is 2. The molecule has 0 bridgehead atoms. The smallest absolute Gasteiger partial charge is 0.345 e. The van der Waals surface area contributed by atoms with E-state index in [4.69, 9.17) is 27.6 Å². The van der Waals surface area contributed by atoms with E-state index in [1.165, 1.54) is 22.6 Å². The van der Waals surface area contributed by atoms with Crippen LogP contribution in [0.4, 0.5) is 0 Å². The lowest BCUT2D eigenvalue weighted by molar-refractivity contribution is 0.478. The molecule has 0 amide bonds. The Bertz CT molecular complexity index is 467. The Morgan fingerprint density at radius 3 is 3.13 bits per heavy atom. The predicted molar refractivity (Wildman–Crippen MR) is 56.3 cm³/mol. The van der Waals surface area contributed by atoms with Crippen LogP contribution in [-0.4, -0.2) is 29.9 Å². The molecule has 0 radical (unpaired) electrons. The van der Waals surface area contributed by atoms with Crippen molar-refractivity contribution in [1.29, 1.82) is 0 Å². The molecular weight excluding hydrogens is 259 g/mol. The lowest BCUT2D eigenvalue weighted by Gasteiger charge is -1.95. The highest BCUT2D eigenvalue weighted by molar-refractivity contribution is 7.99. The van der Waals surface area contributed by atoms with Gasteiger partial charge in [0.15, 0.2) is 0 Å². The van der Waals surface area contributed by atoms with Crippen molar-refractivity contribution >= 4 is 40.8 Å². The molecule has 0 spiro atoms. The second-order valence-electron chi connectivity index (χ2n) is 3.40. The molecule has 0 aromatic carbocycles. The second-order valence-corrected chi connectivity index (χ2v) is 5.91. The molecule has 2 aromatic heterocycles. The highest BCUT2D eigenvalue weighted by atomic mass is 35.5. The van der Waals surface area contributed by atoms with Gasteiger partial charge in [-0.1, -0.05) is 16.9 Å². The summed E-state index contributed by atoms with van der Waals surface area (Å²) in [5.41, 5.74) is 0. The molecule has 15 heavy (non-hydrogen) atoms.